The zero-order valence-corrected chi connectivity index (χ0v) is 10.7. The van der Waals surface area contributed by atoms with Crippen LogP contribution in [-0.4, -0.2) is 21.2 Å². The minimum atomic E-state index is -0.975. The van der Waals surface area contributed by atoms with Gasteiger partial charge in [0.05, 0.1) is 22.3 Å². The minimum Gasteiger partial charge on any atom is -0.481 e. The molecule has 7 heteroatoms. The summed E-state index contributed by atoms with van der Waals surface area (Å²) in [6.07, 6.45) is -0.113. The highest BCUT2D eigenvalue weighted by atomic mass is 32.2. The quantitative estimate of drug-likeness (QED) is 0.506. The minimum absolute atomic E-state index is 0.113. The van der Waals surface area contributed by atoms with Gasteiger partial charge in [-0.05, 0) is 18.6 Å². The van der Waals surface area contributed by atoms with Crippen LogP contribution in [0.5, 0.6) is 0 Å². The molecule has 0 amide bonds. The normalized spacial score (nSPS) is 12.2. The molecule has 0 aliphatic rings. The Hall–Kier alpha value is -1.63. The molecule has 0 fully saturated rings. The summed E-state index contributed by atoms with van der Waals surface area (Å²) in [7, 11) is 0. The Kier molecular flexibility index (Phi) is 4.66. The Bertz CT molecular complexity index is 492. The van der Waals surface area contributed by atoms with Gasteiger partial charge in [-0.1, -0.05) is 6.92 Å². The fourth-order valence-corrected chi connectivity index (χ4v) is 2.54. The van der Waals surface area contributed by atoms with Gasteiger partial charge in [-0.15, -0.1) is 11.8 Å². The van der Waals surface area contributed by atoms with Gasteiger partial charge < -0.3 is 5.11 Å². The zero-order valence-electron chi connectivity index (χ0n) is 9.84. The number of hydrogen-bond donors (Lipinski definition) is 1. The molecule has 1 aromatic rings. The summed E-state index contributed by atoms with van der Waals surface area (Å²) in [6.45, 7) is 3.16. The van der Waals surface area contributed by atoms with Gasteiger partial charge in [-0.2, -0.15) is 0 Å². The number of aliphatic carboxylic acids is 1. The van der Waals surface area contributed by atoms with Gasteiger partial charge in [-0.25, -0.2) is 4.39 Å². The van der Waals surface area contributed by atoms with Gasteiger partial charge in [0.1, 0.15) is 5.82 Å². The molecule has 1 unspecified atom stereocenters. The third kappa shape index (κ3) is 3.69. The molecule has 1 rings (SSSR count). The van der Waals surface area contributed by atoms with Crippen molar-refractivity contribution in [2.75, 3.05) is 0 Å². The van der Waals surface area contributed by atoms with Crippen molar-refractivity contribution in [2.24, 2.45) is 0 Å². The molecule has 1 aromatic carbocycles. The summed E-state index contributed by atoms with van der Waals surface area (Å²) in [6, 6.07) is 2.24. The van der Waals surface area contributed by atoms with E-state index in [-0.39, 0.29) is 22.3 Å². The Labute approximate surface area is 107 Å². The molecule has 0 aromatic heterocycles. The van der Waals surface area contributed by atoms with Crippen LogP contribution >= 0.6 is 11.8 Å². The van der Waals surface area contributed by atoms with Gasteiger partial charge in [0.15, 0.2) is 0 Å². The van der Waals surface area contributed by atoms with Crippen molar-refractivity contribution < 1.29 is 19.2 Å². The van der Waals surface area contributed by atoms with Crippen LogP contribution < -0.4 is 0 Å². The lowest BCUT2D eigenvalue weighted by molar-refractivity contribution is -0.387. The fraction of sp³-hybridized carbons (Fsp3) is 0.364. The highest BCUT2D eigenvalue weighted by Crippen LogP contribution is 2.34. The van der Waals surface area contributed by atoms with Crippen LogP contribution in [0.15, 0.2) is 17.0 Å². The number of carboxylic acid groups (broad SMARTS) is 1. The fourth-order valence-electron chi connectivity index (χ4n) is 1.39. The standard InChI is InChI=1S/C11H12FNO4S/c1-6-3-10(18-7(2)4-11(14)15)9(13(16)17)5-8(6)12/h3,5,7H,4H2,1-2H3,(H,14,15). The first-order chi connectivity index (χ1) is 8.31. The summed E-state index contributed by atoms with van der Waals surface area (Å²) in [5.74, 6) is -1.62. The number of nitro groups is 1. The molecular formula is C11H12FNO4S. The lowest BCUT2D eigenvalue weighted by Crippen LogP contribution is -2.06. The molecule has 0 aliphatic carbocycles. The molecule has 0 spiro atoms. The van der Waals surface area contributed by atoms with Gasteiger partial charge >= 0.3 is 5.97 Å². The second-order valence-corrected chi connectivity index (χ2v) is 5.33. The van der Waals surface area contributed by atoms with E-state index in [1.807, 2.05) is 0 Å². The van der Waals surface area contributed by atoms with Crippen molar-refractivity contribution in [1.29, 1.82) is 0 Å². The number of benzene rings is 1. The maximum Gasteiger partial charge on any atom is 0.304 e. The molecule has 98 valence electrons. The van der Waals surface area contributed by atoms with Crippen molar-refractivity contribution >= 4 is 23.4 Å². The average molecular weight is 273 g/mol. The Balaban J connectivity index is 3.03. The summed E-state index contributed by atoms with van der Waals surface area (Å²) in [4.78, 5) is 20.9. The molecule has 0 saturated heterocycles. The van der Waals surface area contributed by atoms with Crippen LogP contribution in [0.4, 0.5) is 10.1 Å². The number of carboxylic acids is 1. The van der Waals surface area contributed by atoms with E-state index in [1.54, 1.807) is 6.92 Å². The maximum absolute atomic E-state index is 13.3. The number of rotatable bonds is 5. The molecule has 0 bridgehead atoms. The second kappa shape index (κ2) is 5.81. The number of hydrogen-bond acceptors (Lipinski definition) is 4. The summed E-state index contributed by atoms with van der Waals surface area (Å²) in [5.41, 5.74) is -0.0361. The highest BCUT2D eigenvalue weighted by molar-refractivity contribution is 8.00. The van der Waals surface area contributed by atoms with Gasteiger partial charge in [0.2, 0.25) is 0 Å². The molecule has 1 N–H and O–H groups in total. The number of nitro benzene ring substituents is 1. The van der Waals surface area contributed by atoms with Gasteiger partial charge in [0, 0.05) is 5.25 Å². The number of nitrogens with zero attached hydrogens (tertiary/aromatic N) is 1. The van der Waals surface area contributed by atoms with Crippen molar-refractivity contribution in [1.82, 2.24) is 0 Å². The molecule has 1 atom stereocenters. The van der Waals surface area contributed by atoms with E-state index in [0.29, 0.717) is 5.56 Å². The van der Waals surface area contributed by atoms with Crippen molar-refractivity contribution in [3.05, 3.63) is 33.6 Å². The Morgan fingerprint density at radius 2 is 2.22 bits per heavy atom. The van der Waals surface area contributed by atoms with Crippen molar-refractivity contribution in [3.63, 3.8) is 0 Å². The molecule has 0 saturated carbocycles. The maximum atomic E-state index is 13.3. The van der Waals surface area contributed by atoms with Gasteiger partial charge in [0.25, 0.3) is 5.69 Å². The lowest BCUT2D eigenvalue weighted by atomic mass is 10.2. The first-order valence-corrected chi connectivity index (χ1v) is 6.02. The molecular weight excluding hydrogens is 261 g/mol. The number of carbonyl (C=O) groups is 1. The molecule has 18 heavy (non-hydrogen) atoms. The van der Waals surface area contributed by atoms with Gasteiger partial charge in [-0.3, -0.25) is 14.9 Å². The van der Waals surface area contributed by atoms with Crippen molar-refractivity contribution in [2.45, 2.75) is 30.4 Å². The number of aryl methyl sites for hydroxylation is 1. The van der Waals surface area contributed by atoms with E-state index in [2.05, 4.69) is 0 Å². The first-order valence-electron chi connectivity index (χ1n) is 5.14. The largest absolute Gasteiger partial charge is 0.481 e. The monoisotopic (exact) mass is 273 g/mol. The Morgan fingerprint density at radius 1 is 1.61 bits per heavy atom. The molecule has 0 aliphatic heterocycles. The van der Waals surface area contributed by atoms with E-state index >= 15 is 0 Å². The highest BCUT2D eigenvalue weighted by Gasteiger charge is 2.20. The van der Waals surface area contributed by atoms with Crippen LogP contribution in [0, 0.1) is 22.9 Å². The van der Waals surface area contributed by atoms with Crippen LogP contribution in [0.3, 0.4) is 0 Å². The topological polar surface area (TPSA) is 80.4 Å². The lowest BCUT2D eigenvalue weighted by Gasteiger charge is -2.09. The SMILES string of the molecule is Cc1cc(SC(C)CC(=O)O)c([N+](=O)[O-])cc1F. The van der Waals surface area contributed by atoms with Crippen LogP contribution in [0.1, 0.15) is 18.9 Å². The third-order valence-corrected chi connectivity index (χ3v) is 3.38. The predicted molar refractivity (Wildman–Crippen MR) is 65.4 cm³/mol. The zero-order chi connectivity index (χ0) is 13.9. The Morgan fingerprint density at radius 3 is 2.72 bits per heavy atom. The average Bonchev–Trinajstić information content (AvgIpc) is 2.21. The third-order valence-electron chi connectivity index (χ3n) is 2.23. The van der Waals surface area contributed by atoms with Crippen molar-refractivity contribution in [3.8, 4) is 0 Å². The summed E-state index contributed by atoms with van der Waals surface area (Å²) < 4.78 is 13.3. The van der Waals surface area contributed by atoms with E-state index in [4.69, 9.17) is 5.11 Å². The molecule has 0 radical (unpaired) electrons. The number of thioether (sulfide) groups is 1. The molecule has 0 heterocycles. The summed E-state index contributed by atoms with van der Waals surface area (Å²) in [5, 5.41) is 19.1. The van der Waals surface area contributed by atoms with E-state index in [0.717, 1.165) is 17.8 Å². The smallest absolute Gasteiger partial charge is 0.304 e. The number of halogens is 1. The van der Waals surface area contributed by atoms with Crippen LogP contribution in [0.25, 0.3) is 0 Å². The van der Waals surface area contributed by atoms with E-state index < -0.39 is 16.7 Å². The molecule has 5 nitrogen and oxygen atoms in total. The van der Waals surface area contributed by atoms with E-state index in [9.17, 15) is 19.3 Å². The predicted octanol–water partition coefficient (Wildman–Crippen LogP) is 3.00. The van der Waals surface area contributed by atoms with E-state index in [1.165, 1.54) is 13.0 Å². The van der Waals surface area contributed by atoms with Crippen LogP contribution in [-0.2, 0) is 4.79 Å². The summed E-state index contributed by atoms with van der Waals surface area (Å²) >= 11 is 1.06. The second-order valence-electron chi connectivity index (χ2n) is 3.85. The first kappa shape index (κ1) is 14.4. The van der Waals surface area contributed by atoms with Crippen LogP contribution in [0.2, 0.25) is 0 Å².